The van der Waals surface area contributed by atoms with Crippen LogP contribution < -0.4 is 0 Å². The van der Waals surface area contributed by atoms with Crippen molar-refractivity contribution in [2.75, 3.05) is 6.61 Å². The first-order chi connectivity index (χ1) is 14.8. The molecule has 0 radical (unpaired) electrons. The van der Waals surface area contributed by atoms with Gasteiger partial charge in [0.25, 0.3) is 0 Å². The predicted molar refractivity (Wildman–Crippen MR) is 109 cm³/mol. The minimum Gasteiger partial charge on any atom is -0.390 e. The summed E-state index contributed by atoms with van der Waals surface area (Å²) in [6.07, 6.45) is -0.151. The van der Waals surface area contributed by atoms with Crippen molar-refractivity contribution < 1.29 is 38.1 Å². The standard InChI is InChI=1S/C24H30F2O6/c1-20(2)31-19-9-13-14-8-16(25)15-7-12(28)5-6-21(15,3)23(14,26)17(29)10-22(13,4)24(19,32-20)18(30)11-27/h5-7,13-14,16-17,19,27,29H,8-11H2,1-4H3/t13?,14?,16-,17?,19?,21?,22?,23-,24?/m0/s1. The van der Waals surface area contributed by atoms with E-state index >= 15 is 8.78 Å². The number of carbonyl (C=O) groups is 2. The molecular formula is C24H30F2O6. The summed E-state index contributed by atoms with van der Waals surface area (Å²) in [7, 11) is 0. The highest BCUT2D eigenvalue weighted by Gasteiger charge is 2.80. The second-order valence-corrected chi connectivity index (χ2v) is 11.0. The highest BCUT2D eigenvalue weighted by molar-refractivity contribution is 6.01. The lowest BCUT2D eigenvalue weighted by Crippen LogP contribution is -2.71. The van der Waals surface area contributed by atoms with Gasteiger partial charge in [0.15, 0.2) is 28.6 Å². The Kier molecular flexibility index (Phi) is 4.42. The fourth-order valence-corrected chi connectivity index (χ4v) is 7.92. The Morgan fingerprint density at radius 1 is 1.22 bits per heavy atom. The van der Waals surface area contributed by atoms with Crippen molar-refractivity contribution in [1.29, 1.82) is 0 Å². The second kappa shape index (κ2) is 6.34. The number of carbonyl (C=O) groups excluding carboxylic acids is 2. The molecule has 6 nitrogen and oxygen atoms in total. The first-order valence-electron chi connectivity index (χ1n) is 11.3. The number of ether oxygens (including phenoxy) is 2. The molecule has 8 heteroatoms. The zero-order valence-electron chi connectivity index (χ0n) is 18.7. The Morgan fingerprint density at radius 3 is 2.56 bits per heavy atom. The quantitative estimate of drug-likeness (QED) is 0.668. The third kappa shape index (κ3) is 2.32. The van der Waals surface area contributed by atoms with Gasteiger partial charge in [-0.3, -0.25) is 9.59 Å². The average molecular weight is 452 g/mol. The van der Waals surface area contributed by atoms with Gasteiger partial charge in [-0.05, 0) is 63.7 Å². The Bertz CT molecular complexity index is 960. The summed E-state index contributed by atoms with van der Waals surface area (Å²) in [4.78, 5) is 25.1. The molecule has 0 bridgehead atoms. The van der Waals surface area contributed by atoms with Crippen LogP contribution in [0.3, 0.4) is 0 Å². The maximum absolute atomic E-state index is 17.1. The molecule has 176 valence electrons. The van der Waals surface area contributed by atoms with Crippen LogP contribution in [0.5, 0.6) is 0 Å². The summed E-state index contributed by atoms with van der Waals surface area (Å²) >= 11 is 0. The minimum atomic E-state index is -2.24. The normalized spacial score (nSPS) is 53.2. The monoisotopic (exact) mass is 452 g/mol. The molecule has 7 unspecified atom stereocenters. The molecule has 5 aliphatic rings. The number of rotatable bonds is 2. The minimum absolute atomic E-state index is 0.0550. The van der Waals surface area contributed by atoms with E-state index in [9.17, 15) is 19.8 Å². The van der Waals surface area contributed by atoms with Crippen molar-refractivity contribution in [2.45, 2.75) is 82.4 Å². The maximum atomic E-state index is 17.1. The molecule has 0 aromatic rings. The molecule has 2 N–H and O–H groups in total. The zero-order valence-corrected chi connectivity index (χ0v) is 18.7. The molecule has 0 aromatic heterocycles. The highest BCUT2D eigenvalue weighted by Crippen LogP contribution is 2.72. The summed E-state index contributed by atoms with van der Waals surface area (Å²) in [6, 6.07) is 0. The number of fused-ring (bicyclic) bond motifs is 7. The van der Waals surface area contributed by atoms with Gasteiger partial charge in [0.1, 0.15) is 12.8 Å². The number of hydrogen-bond acceptors (Lipinski definition) is 6. The van der Waals surface area contributed by atoms with E-state index in [1.165, 1.54) is 19.1 Å². The zero-order chi connectivity index (χ0) is 23.5. The number of aliphatic hydroxyl groups is 2. The van der Waals surface area contributed by atoms with E-state index in [1.54, 1.807) is 20.8 Å². The third-order valence-electron chi connectivity index (χ3n) is 9.18. The molecule has 1 saturated heterocycles. The van der Waals surface area contributed by atoms with E-state index in [4.69, 9.17) is 9.47 Å². The molecule has 0 spiro atoms. The fraction of sp³-hybridized carbons (Fsp3) is 0.750. The van der Waals surface area contributed by atoms with Gasteiger partial charge < -0.3 is 19.7 Å². The predicted octanol–water partition coefficient (Wildman–Crippen LogP) is 2.37. The van der Waals surface area contributed by atoms with E-state index in [1.807, 2.05) is 0 Å². The number of allylic oxidation sites excluding steroid dienone is 4. The van der Waals surface area contributed by atoms with Crippen LogP contribution >= 0.6 is 0 Å². The van der Waals surface area contributed by atoms with E-state index in [0.717, 1.165) is 6.08 Å². The third-order valence-corrected chi connectivity index (χ3v) is 9.18. The SMILES string of the molecule is CC1(C)OC2CC3C4C[C@H](F)C5=CC(=O)C=CC5(C)[C@@]4(F)C(O)CC3(C)C2(C(=O)CO)O1. The van der Waals surface area contributed by atoms with Crippen molar-refractivity contribution in [3.8, 4) is 0 Å². The highest BCUT2D eigenvalue weighted by atomic mass is 19.1. The molecule has 3 saturated carbocycles. The van der Waals surface area contributed by atoms with Crippen LogP contribution in [0.15, 0.2) is 23.8 Å². The van der Waals surface area contributed by atoms with Crippen molar-refractivity contribution in [3.63, 3.8) is 0 Å². The lowest BCUT2D eigenvalue weighted by atomic mass is 9.44. The summed E-state index contributed by atoms with van der Waals surface area (Å²) in [5, 5.41) is 21.1. The van der Waals surface area contributed by atoms with Crippen LogP contribution in [0, 0.1) is 22.7 Å². The van der Waals surface area contributed by atoms with Crippen molar-refractivity contribution >= 4 is 11.6 Å². The lowest BCUT2D eigenvalue weighted by molar-refractivity contribution is -0.248. The second-order valence-electron chi connectivity index (χ2n) is 11.0. The summed E-state index contributed by atoms with van der Waals surface area (Å²) < 4.78 is 44.8. The van der Waals surface area contributed by atoms with Gasteiger partial charge >= 0.3 is 0 Å². The Labute approximate surface area is 185 Å². The van der Waals surface area contributed by atoms with Crippen molar-refractivity contribution in [2.24, 2.45) is 22.7 Å². The molecule has 1 heterocycles. The van der Waals surface area contributed by atoms with Gasteiger partial charge in [-0.2, -0.15) is 0 Å². The van der Waals surface area contributed by atoms with Gasteiger partial charge in [0, 0.05) is 16.7 Å². The molecule has 32 heavy (non-hydrogen) atoms. The molecule has 4 fully saturated rings. The molecule has 5 rings (SSSR count). The first-order valence-corrected chi connectivity index (χ1v) is 11.3. The van der Waals surface area contributed by atoms with Crippen molar-refractivity contribution in [1.82, 2.24) is 0 Å². The number of aliphatic hydroxyl groups excluding tert-OH is 2. The Hall–Kier alpha value is -1.48. The van der Waals surface area contributed by atoms with E-state index < -0.39 is 76.3 Å². The van der Waals surface area contributed by atoms with Crippen LogP contribution in [0.25, 0.3) is 0 Å². The Balaban J connectivity index is 1.66. The van der Waals surface area contributed by atoms with Crippen LogP contribution in [-0.4, -0.2) is 63.8 Å². The largest absolute Gasteiger partial charge is 0.390 e. The van der Waals surface area contributed by atoms with Gasteiger partial charge in [-0.1, -0.05) is 13.0 Å². The first kappa shape index (κ1) is 22.3. The van der Waals surface area contributed by atoms with Crippen LogP contribution in [0.2, 0.25) is 0 Å². The number of ketones is 2. The molecule has 1 aliphatic heterocycles. The smallest absolute Gasteiger partial charge is 0.193 e. The molecule has 0 amide bonds. The molecule has 4 aliphatic carbocycles. The topological polar surface area (TPSA) is 93.1 Å². The van der Waals surface area contributed by atoms with E-state index in [-0.39, 0.29) is 24.8 Å². The number of halogens is 2. The van der Waals surface area contributed by atoms with E-state index in [2.05, 4.69) is 0 Å². The molecular weight excluding hydrogens is 422 g/mol. The van der Waals surface area contributed by atoms with Gasteiger partial charge in [0.05, 0.1) is 12.2 Å². The van der Waals surface area contributed by atoms with Gasteiger partial charge in [0.2, 0.25) is 0 Å². The van der Waals surface area contributed by atoms with Gasteiger partial charge in [-0.25, -0.2) is 8.78 Å². The summed E-state index contributed by atoms with van der Waals surface area (Å²) in [5.74, 6) is -3.53. The van der Waals surface area contributed by atoms with Crippen LogP contribution in [-0.2, 0) is 19.1 Å². The number of Topliss-reactive ketones (excluding diaryl/α,β-unsaturated/α-hetero) is 1. The van der Waals surface area contributed by atoms with Crippen molar-refractivity contribution in [3.05, 3.63) is 23.8 Å². The lowest BCUT2D eigenvalue weighted by Gasteiger charge is -2.63. The summed E-state index contributed by atoms with van der Waals surface area (Å²) in [6.45, 7) is 5.87. The molecule has 9 atom stereocenters. The average Bonchev–Trinajstić information content (AvgIpc) is 3.11. The fourth-order valence-electron chi connectivity index (χ4n) is 7.92. The van der Waals surface area contributed by atoms with Crippen LogP contribution in [0.4, 0.5) is 8.78 Å². The van der Waals surface area contributed by atoms with Crippen LogP contribution in [0.1, 0.15) is 47.0 Å². The Morgan fingerprint density at radius 2 is 1.91 bits per heavy atom. The maximum Gasteiger partial charge on any atom is 0.193 e. The summed E-state index contributed by atoms with van der Waals surface area (Å²) in [5.41, 5.74) is -6.30. The van der Waals surface area contributed by atoms with Gasteiger partial charge in [-0.15, -0.1) is 0 Å². The van der Waals surface area contributed by atoms with E-state index in [0.29, 0.717) is 0 Å². The molecule has 0 aromatic carbocycles. The number of alkyl halides is 2. The number of hydrogen-bond donors (Lipinski definition) is 2.